The first kappa shape index (κ1) is 12.7. The Bertz CT molecular complexity index is 482. The molecular weight excluding hydrogens is 240 g/mol. The molecule has 1 saturated heterocycles. The highest BCUT2D eigenvalue weighted by atomic mass is 35.5. The maximum absolute atomic E-state index is 11.5. The van der Waals surface area contributed by atoms with Crippen molar-refractivity contribution in [3.63, 3.8) is 0 Å². The van der Waals surface area contributed by atoms with Gasteiger partial charge in [-0.15, -0.1) is 0 Å². The topological polar surface area (TPSA) is 51.3 Å². The zero-order valence-electron chi connectivity index (χ0n) is 10.3. The SMILES string of the molecule is CC1(C)OB(c2[nH]ccc(=O)c2Cl)OC1(C)C. The molecule has 0 radical (unpaired) electrons. The summed E-state index contributed by atoms with van der Waals surface area (Å²) in [5.74, 6) is 0. The molecule has 1 fully saturated rings. The number of hydrogen-bond donors (Lipinski definition) is 1. The van der Waals surface area contributed by atoms with Gasteiger partial charge in [-0.25, -0.2) is 0 Å². The van der Waals surface area contributed by atoms with Crippen molar-refractivity contribution in [2.75, 3.05) is 0 Å². The summed E-state index contributed by atoms with van der Waals surface area (Å²) in [6.07, 6.45) is 1.54. The van der Waals surface area contributed by atoms with E-state index in [1.807, 2.05) is 27.7 Å². The van der Waals surface area contributed by atoms with Gasteiger partial charge in [-0.3, -0.25) is 4.79 Å². The molecule has 0 aliphatic carbocycles. The van der Waals surface area contributed by atoms with E-state index in [1.54, 1.807) is 0 Å². The fraction of sp³-hybridized carbons (Fsp3) is 0.545. The lowest BCUT2D eigenvalue weighted by atomic mass is 9.84. The van der Waals surface area contributed by atoms with E-state index in [1.165, 1.54) is 12.3 Å². The number of hydrogen-bond acceptors (Lipinski definition) is 3. The Hall–Kier alpha value is -0.775. The predicted octanol–water partition coefficient (Wildman–Crippen LogP) is 1.33. The minimum absolute atomic E-state index is 0.117. The lowest BCUT2D eigenvalue weighted by Crippen LogP contribution is -2.41. The Balaban J connectivity index is 2.39. The quantitative estimate of drug-likeness (QED) is 0.770. The first-order valence-electron chi connectivity index (χ1n) is 5.47. The standard InChI is InChI=1S/C11H15BClNO3/c1-10(2)11(3,4)17-12(16-10)9-8(13)7(15)5-6-14-9/h5-6H,1-4H3,(H,14,15). The molecule has 17 heavy (non-hydrogen) atoms. The number of aromatic nitrogens is 1. The van der Waals surface area contributed by atoms with Crippen LogP contribution in [0.5, 0.6) is 0 Å². The molecule has 0 atom stereocenters. The summed E-state index contributed by atoms with van der Waals surface area (Å²) < 4.78 is 11.6. The summed E-state index contributed by atoms with van der Waals surface area (Å²) in [4.78, 5) is 14.4. The first-order chi connectivity index (χ1) is 7.74. The van der Waals surface area contributed by atoms with Crippen molar-refractivity contribution < 1.29 is 9.31 Å². The number of nitrogens with one attached hydrogen (secondary N) is 1. The van der Waals surface area contributed by atoms with Gasteiger partial charge in [0.2, 0.25) is 0 Å². The molecule has 4 nitrogen and oxygen atoms in total. The van der Waals surface area contributed by atoms with E-state index < -0.39 is 18.3 Å². The van der Waals surface area contributed by atoms with Crippen LogP contribution in [-0.4, -0.2) is 23.3 Å². The van der Waals surface area contributed by atoms with Gasteiger partial charge < -0.3 is 14.3 Å². The van der Waals surface area contributed by atoms with Crippen LogP contribution in [0, 0.1) is 0 Å². The van der Waals surface area contributed by atoms with Crippen molar-refractivity contribution in [2.45, 2.75) is 38.9 Å². The molecule has 1 aliphatic rings. The molecule has 2 rings (SSSR count). The fourth-order valence-electron chi connectivity index (χ4n) is 1.61. The van der Waals surface area contributed by atoms with Gasteiger partial charge in [-0.2, -0.15) is 0 Å². The number of H-pyrrole nitrogens is 1. The number of rotatable bonds is 1. The van der Waals surface area contributed by atoms with Gasteiger partial charge in [0, 0.05) is 12.3 Å². The Morgan fingerprint density at radius 3 is 2.29 bits per heavy atom. The van der Waals surface area contributed by atoms with Gasteiger partial charge in [0.25, 0.3) is 0 Å². The van der Waals surface area contributed by atoms with Crippen molar-refractivity contribution in [3.05, 3.63) is 27.5 Å². The first-order valence-corrected chi connectivity index (χ1v) is 5.85. The van der Waals surface area contributed by atoms with E-state index >= 15 is 0 Å². The van der Waals surface area contributed by atoms with Crippen molar-refractivity contribution in [2.24, 2.45) is 0 Å². The third kappa shape index (κ3) is 2.03. The second-order valence-electron chi connectivity index (χ2n) is 5.16. The normalized spacial score (nSPS) is 21.8. The fourth-order valence-corrected chi connectivity index (χ4v) is 1.82. The lowest BCUT2D eigenvalue weighted by molar-refractivity contribution is 0.00578. The lowest BCUT2D eigenvalue weighted by Gasteiger charge is -2.32. The molecule has 1 aromatic heterocycles. The van der Waals surface area contributed by atoms with E-state index in [0.29, 0.717) is 5.59 Å². The second-order valence-corrected chi connectivity index (χ2v) is 5.54. The highest BCUT2D eigenvalue weighted by Gasteiger charge is 2.52. The van der Waals surface area contributed by atoms with Gasteiger partial charge in [0.1, 0.15) is 5.02 Å². The average Bonchev–Trinajstić information content (AvgIpc) is 2.40. The molecule has 6 heteroatoms. The van der Waals surface area contributed by atoms with E-state index in [-0.39, 0.29) is 10.5 Å². The zero-order chi connectivity index (χ0) is 12.8. The smallest absolute Gasteiger partial charge is 0.398 e. The van der Waals surface area contributed by atoms with Crippen LogP contribution in [-0.2, 0) is 9.31 Å². The predicted molar refractivity (Wildman–Crippen MR) is 67.8 cm³/mol. The zero-order valence-corrected chi connectivity index (χ0v) is 11.1. The minimum atomic E-state index is -0.638. The summed E-state index contributed by atoms with van der Waals surface area (Å²) in [6.45, 7) is 7.79. The van der Waals surface area contributed by atoms with Crippen LogP contribution in [0.15, 0.2) is 17.1 Å². The molecule has 0 spiro atoms. The molecule has 1 aromatic rings. The van der Waals surface area contributed by atoms with Crippen LogP contribution in [0.3, 0.4) is 0 Å². The van der Waals surface area contributed by atoms with Crippen LogP contribution < -0.4 is 11.0 Å². The average molecular weight is 256 g/mol. The molecule has 92 valence electrons. The summed E-state index contributed by atoms with van der Waals surface area (Å²) in [7, 11) is -0.638. The van der Waals surface area contributed by atoms with Crippen molar-refractivity contribution >= 4 is 24.3 Å². The second kappa shape index (κ2) is 3.87. The van der Waals surface area contributed by atoms with Crippen molar-refractivity contribution in [1.29, 1.82) is 0 Å². The Kier molecular flexibility index (Phi) is 2.88. The van der Waals surface area contributed by atoms with E-state index in [9.17, 15) is 4.79 Å². The Labute approximate surface area is 105 Å². The van der Waals surface area contributed by atoms with Crippen LogP contribution in [0.1, 0.15) is 27.7 Å². The van der Waals surface area contributed by atoms with Gasteiger partial charge in [0.15, 0.2) is 5.43 Å². The van der Waals surface area contributed by atoms with Gasteiger partial charge in [0.05, 0.1) is 16.8 Å². The molecule has 0 aromatic carbocycles. The summed E-state index contributed by atoms with van der Waals surface area (Å²) in [5, 5.41) is 0.117. The van der Waals surface area contributed by atoms with Gasteiger partial charge in [-0.1, -0.05) is 11.6 Å². The molecule has 2 heterocycles. The van der Waals surface area contributed by atoms with Crippen LogP contribution in [0.2, 0.25) is 5.02 Å². The molecule has 0 unspecified atom stereocenters. The summed E-state index contributed by atoms with van der Waals surface area (Å²) >= 11 is 5.96. The van der Waals surface area contributed by atoms with Gasteiger partial charge >= 0.3 is 7.12 Å². The summed E-state index contributed by atoms with van der Waals surface area (Å²) in [6, 6.07) is 1.37. The Morgan fingerprint density at radius 1 is 1.24 bits per heavy atom. The highest BCUT2D eigenvalue weighted by molar-refractivity contribution is 6.64. The summed E-state index contributed by atoms with van der Waals surface area (Å²) in [5.41, 5.74) is -0.672. The van der Waals surface area contributed by atoms with Crippen LogP contribution in [0.4, 0.5) is 0 Å². The molecular formula is C11H15BClNO3. The third-order valence-electron chi connectivity index (χ3n) is 3.42. The van der Waals surface area contributed by atoms with Gasteiger partial charge in [-0.05, 0) is 27.7 Å². The van der Waals surface area contributed by atoms with Crippen molar-refractivity contribution in [1.82, 2.24) is 4.98 Å². The largest absolute Gasteiger partial charge is 0.513 e. The molecule has 0 saturated carbocycles. The Morgan fingerprint density at radius 2 is 1.76 bits per heavy atom. The van der Waals surface area contributed by atoms with Crippen LogP contribution in [0.25, 0.3) is 0 Å². The number of pyridine rings is 1. The number of halogens is 1. The maximum Gasteiger partial charge on any atom is 0.513 e. The third-order valence-corrected chi connectivity index (χ3v) is 3.81. The minimum Gasteiger partial charge on any atom is -0.398 e. The molecule has 0 bridgehead atoms. The maximum atomic E-state index is 11.5. The monoisotopic (exact) mass is 255 g/mol. The van der Waals surface area contributed by atoms with Crippen LogP contribution >= 0.6 is 11.6 Å². The van der Waals surface area contributed by atoms with E-state index in [4.69, 9.17) is 20.9 Å². The highest BCUT2D eigenvalue weighted by Crippen LogP contribution is 2.36. The number of aromatic amines is 1. The van der Waals surface area contributed by atoms with Crippen molar-refractivity contribution in [3.8, 4) is 0 Å². The van der Waals surface area contributed by atoms with E-state index in [0.717, 1.165) is 0 Å². The molecule has 0 amide bonds. The molecule has 1 N–H and O–H groups in total. The van der Waals surface area contributed by atoms with E-state index in [2.05, 4.69) is 4.98 Å². The molecule has 1 aliphatic heterocycles.